The molecule has 0 amide bonds. The van der Waals surface area contributed by atoms with Crippen molar-refractivity contribution in [1.29, 1.82) is 0 Å². The first kappa shape index (κ1) is 16.1. The second kappa shape index (κ2) is 6.59. The van der Waals surface area contributed by atoms with E-state index in [0.717, 1.165) is 6.04 Å². The quantitative estimate of drug-likeness (QED) is 0.653. The minimum absolute atomic E-state index is 0.720. The second-order valence-electron chi connectivity index (χ2n) is 8.04. The Morgan fingerprint density at radius 1 is 0.769 bits per heavy atom. The van der Waals surface area contributed by atoms with E-state index in [-0.39, 0.29) is 0 Å². The van der Waals surface area contributed by atoms with Crippen molar-refractivity contribution < 1.29 is 0 Å². The summed E-state index contributed by atoms with van der Waals surface area (Å²) in [6, 6.07) is 18.7. The number of rotatable bonds is 1. The molecule has 1 unspecified atom stereocenters. The molecule has 2 heteroatoms. The molecule has 2 aromatic carbocycles. The number of fused-ring (bicyclic) bond motifs is 4. The maximum Gasteiger partial charge on any atom is 0.0484 e. The van der Waals surface area contributed by atoms with Crippen LogP contribution in [0.15, 0.2) is 48.5 Å². The molecule has 1 saturated heterocycles. The van der Waals surface area contributed by atoms with E-state index in [1.165, 1.54) is 74.1 Å². The van der Waals surface area contributed by atoms with Crippen LogP contribution in [-0.2, 0) is 0 Å². The van der Waals surface area contributed by atoms with Gasteiger partial charge in [0.1, 0.15) is 0 Å². The van der Waals surface area contributed by atoms with E-state index < -0.39 is 0 Å². The van der Waals surface area contributed by atoms with Gasteiger partial charge in [0.15, 0.2) is 0 Å². The van der Waals surface area contributed by atoms with E-state index in [1.807, 2.05) is 0 Å². The zero-order valence-electron chi connectivity index (χ0n) is 15.7. The number of likely N-dealkylation sites (tertiary alicyclic amines) is 1. The standard InChI is InChI=1S/C24H28N2/c1-25-23-11-5-3-9-20(23)19-14-13-18(26-15-7-2-8-16-26)17-22(19)21-10-4-6-12-24(21)25/h3-6,9-12,18H,2,7-8,13-17H2,1H3. The zero-order valence-corrected chi connectivity index (χ0v) is 15.7. The lowest BCUT2D eigenvalue weighted by Gasteiger charge is -2.38. The Bertz CT molecular complexity index is 845. The van der Waals surface area contributed by atoms with Gasteiger partial charge in [0.25, 0.3) is 0 Å². The van der Waals surface area contributed by atoms with Gasteiger partial charge in [-0.3, -0.25) is 0 Å². The molecule has 1 fully saturated rings. The Kier molecular flexibility index (Phi) is 4.09. The number of anilines is 2. The molecule has 3 aliphatic rings. The molecule has 134 valence electrons. The first-order chi connectivity index (χ1) is 12.8. The highest BCUT2D eigenvalue weighted by molar-refractivity contribution is 6.01. The summed E-state index contributed by atoms with van der Waals surface area (Å²) in [5, 5.41) is 0. The van der Waals surface area contributed by atoms with Crippen molar-refractivity contribution >= 4 is 22.5 Å². The SMILES string of the molecule is CN1c2ccccc2C2=C(CC(N3CCCCC3)CC2)c2ccccc21. The van der Waals surface area contributed by atoms with Crippen LogP contribution in [0, 0.1) is 0 Å². The van der Waals surface area contributed by atoms with Crippen molar-refractivity contribution in [3.05, 3.63) is 59.7 Å². The summed E-state index contributed by atoms with van der Waals surface area (Å²) >= 11 is 0. The summed E-state index contributed by atoms with van der Waals surface area (Å²) in [5.74, 6) is 0. The van der Waals surface area contributed by atoms with Crippen molar-refractivity contribution in [2.75, 3.05) is 25.0 Å². The van der Waals surface area contributed by atoms with Crippen LogP contribution in [0.2, 0.25) is 0 Å². The van der Waals surface area contributed by atoms with Crippen molar-refractivity contribution in [3.63, 3.8) is 0 Å². The monoisotopic (exact) mass is 344 g/mol. The van der Waals surface area contributed by atoms with Crippen LogP contribution in [0.4, 0.5) is 11.4 Å². The average Bonchev–Trinajstić information content (AvgIpc) is 2.83. The minimum atomic E-state index is 0.720. The molecule has 2 aliphatic heterocycles. The Labute approximate surface area is 157 Å². The summed E-state index contributed by atoms with van der Waals surface area (Å²) in [5.41, 5.74) is 8.77. The second-order valence-corrected chi connectivity index (χ2v) is 8.04. The average molecular weight is 345 g/mol. The van der Waals surface area contributed by atoms with E-state index in [2.05, 4.69) is 65.4 Å². The molecule has 0 bridgehead atoms. The predicted octanol–water partition coefficient (Wildman–Crippen LogP) is 5.72. The molecule has 2 aromatic rings. The Hall–Kier alpha value is -2.06. The number of benzene rings is 2. The maximum absolute atomic E-state index is 2.77. The first-order valence-corrected chi connectivity index (χ1v) is 10.2. The van der Waals surface area contributed by atoms with Gasteiger partial charge in [0, 0.05) is 35.6 Å². The molecule has 0 N–H and O–H groups in total. The minimum Gasteiger partial charge on any atom is -0.344 e. The molecule has 0 saturated carbocycles. The maximum atomic E-state index is 2.77. The summed E-state index contributed by atoms with van der Waals surface area (Å²) in [7, 11) is 2.22. The molecular weight excluding hydrogens is 316 g/mol. The summed E-state index contributed by atoms with van der Waals surface area (Å²) in [6.45, 7) is 2.59. The predicted molar refractivity (Wildman–Crippen MR) is 111 cm³/mol. The molecule has 26 heavy (non-hydrogen) atoms. The zero-order chi connectivity index (χ0) is 17.5. The highest BCUT2D eigenvalue weighted by Crippen LogP contribution is 2.48. The van der Waals surface area contributed by atoms with Gasteiger partial charge in [-0.15, -0.1) is 0 Å². The van der Waals surface area contributed by atoms with Gasteiger partial charge in [-0.25, -0.2) is 0 Å². The van der Waals surface area contributed by atoms with Crippen LogP contribution in [0.5, 0.6) is 0 Å². The Morgan fingerprint density at radius 3 is 2.08 bits per heavy atom. The van der Waals surface area contributed by atoms with Gasteiger partial charge in [0.05, 0.1) is 0 Å². The van der Waals surface area contributed by atoms with E-state index in [4.69, 9.17) is 0 Å². The lowest BCUT2D eigenvalue weighted by molar-refractivity contribution is 0.156. The number of para-hydroxylation sites is 2. The molecule has 0 radical (unpaired) electrons. The van der Waals surface area contributed by atoms with Crippen LogP contribution in [0.25, 0.3) is 11.1 Å². The van der Waals surface area contributed by atoms with Crippen molar-refractivity contribution in [3.8, 4) is 0 Å². The molecule has 0 spiro atoms. The molecule has 1 atom stereocenters. The Balaban J connectivity index is 1.63. The number of allylic oxidation sites excluding steroid dienone is 1. The van der Waals surface area contributed by atoms with E-state index in [9.17, 15) is 0 Å². The van der Waals surface area contributed by atoms with Gasteiger partial charge >= 0.3 is 0 Å². The van der Waals surface area contributed by atoms with Gasteiger partial charge in [-0.1, -0.05) is 42.8 Å². The largest absolute Gasteiger partial charge is 0.344 e. The fourth-order valence-electron chi connectivity index (χ4n) is 5.26. The summed E-state index contributed by atoms with van der Waals surface area (Å²) in [6.07, 6.45) is 7.89. The third-order valence-corrected chi connectivity index (χ3v) is 6.62. The molecule has 2 heterocycles. The van der Waals surface area contributed by atoms with Crippen LogP contribution in [-0.4, -0.2) is 31.1 Å². The number of hydrogen-bond acceptors (Lipinski definition) is 2. The van der Waals surface area contributed by atoms with Crippen molar-refractivity contribution in [2.24, 2.45) is 0 Å². The highest BCUT2D eigenvalue weighted by atomic mass is 15.2. The molecular formula is C24H28N2. The van der Waals surface area contributed by atoms with Gasteiger partial charge in [-0.05, 0) is 68.5 Å². The van der Waals surface area contributed by atoms with Crippen molar-refractivity contribution in [1.82, 2.24) is 4.90 Å². The van der Waals surface area contributed by atoms with Gasteiger partial charge in [-0.2, -0.15) is 0 Å². The molecule has 5 rings (SSSR count). The normalized spacial score (nSPS) is 23.1. The van der Waals surface area contributed by atoms with E-state index in [0.29, 0.717) is 0 Å². The number of hydrogen-bond donors (Lipinski definition) is 0. The first-order valence-electron chi connectivity index (χ1n) is 10.2. The smallest absolute Gasteiger partial charge is 0.0484 e. The molecule has 2 nitrogen and oxygen atoms in total. The fraction of sp³-hybridized carbons (Fsp3) is 0.417. The number of piperidine rings is 1. The number of nitrogens with zero attached hydrogens (tertiary/aromatic N) is 2. The molecule has 1 aliphatic carbocycles. The van der Waals surface area contributed by atoms with Gasteiger partial charge in [0.2, 0.25) is 0 Å². The summed E-state index contributed by atoms with van der Waals surface area (Å²) < 4.78 is 0. The molecule has 0 aromatic heterocycles. The topological polar surface area (TPSA) is 6.48 Å². The van der Waals surface area contributed by atoms with Crippen LogP contribution in [0.3, 0.4) is 0 Å². The lowest BCUT2D eigenvalue weighted by atomic mass is 9.80. The van der Waals surface area contributed by atoms with Crippen LogP contribution < -0.4 is 4.90 Å². The third kappa shape index (κ3) is 2.59. The fourth-order valence-corrected chi connectivity index (χ4v) is 5.26. The lowest BCUT2D eigenvalue weighted by Crippen LogP contribution is -2.40. The van der Waals surface area contributed by atoms with Gasteiger partial charge < -0.3 is 9.80 Å². The third-order valence-electron chi connectivity index (χ3n) is 6.62. The summed E-state index contributed by atoms with van der Waals surface area (Å²) in [4.78, 5) is 5.16. The van der Waals surface area contributed by atoms with E-state index >= 15 is 0 Å². The van der Waals surface area contributed by atoms with Crippen LogP contribution in [0.1, 0.15) is 49.7 Å². The van der Waals surface area contributed by atoms with Crippen molar-refractivity contribution in [2.45, 2.75) is 44.6 Å². The van der Waals surface area contributed by atoms with Crippen LogP contribution >= 0.6 is 0 Å². The highest BCUT2D eigenvalue weighted by Gasteiger charge is 2.32. The Morgan fingerprint density at radius 2 is 1.38 bits per heavy atom. The van der Waals surface area contributed by atoms with E-state index in [1.54, 1.807) is 11.1 Å².